The first-order chi connectivity index (χ1) is 11.0. The molecule has 0 saturated carbocycles. The highest BCUT2D eigenvalue weighted by molar-refractivity contribution is 9.11. The van der Waals surface area contributed by atoms with Crippen molar-refractivity contribution in [3.05, 3.63) is 74.2 Å². The number of carbonyl (C=O) groups excluding carboxylic acids is 1. The summed E-state index contributed by atoms with van der Waals surface area (Å²) in [5.74, 6) is -0.340. The van der Waals surface area contributed by atoms with Gasteiger partial charge in [0.15, 0.2) is 0 Å². The van der Waals surface area contributed by atoms with Gasteiger partial charge in [0.2, 0.25) is 0 Å². The zero-order valence-corrected chi connectivity index (χ0v) is 17.2. The van der Waals surface area contributed by atoms with Crippen molar-refractivity contribution in [1.29, 1.82) is 0 Å². The Bertz CT molecular complexity index is 704. The van der Waals surface area contributed by atoms with Crippen molar-refractivity contribution in [2.75, 3.05) is 11.9 Å². The summed E-state index contributed by atoms with van der Waals surface area (Å²) in [4.78, 5) is 12.2. The average Bonchev–Trinajstić information content (AvgIpc) is 2.53. The van der Waals surface area contributed by atoms with Crippen molar-refractivity contribution in [2.24, 2.45) is 0 Å². The summed E-state index contributed by atoms with van der Waals surface area (Å²) >= 11 is 10.3. The maximum absolute atomic E-state index is 12.2. The Hall–Kier alpha value is -0.910. The predicted octanol–water partition coefficient (Wildman–Crippen LogP) is 6.24. The molecule has 2 rings (SSSR count). The molecular formula is C18H15Br3O2. The second-order valence-corrected chi connectivity index (χ2v) is 7.38. The van der Waals surface area contributed by atoms with E-state index in [9.17, 15) is 4.79 Å². The third-order valence-corrected chi connectivity index (χ3v) is 4.77. The fourth-order valence-corrected chi connectivity index (χ4v) is 4.19. The van der Waals surface area contributed by atoms with Crippen LogP contribution in [0, 0.1) is 0 Å². The van der Waals surface area contributed by atoms with Gasteiger partial charge in [0.05, 0.1) is 5.56 Å². The molecule has 0 bridgehead atoms. The number of esters is 1. The lowest BCUT2D eigenvalue weighted by molar-refractivity contribution is 0.0540. The molecule has 0 aliphatic rings. The molecular weight excluding hydrogens is 488 g/mol. The van der Waals surface area contributed by atoms with Crippen LogP contribution in [0.4, 0.5) is 0 Å². The highest BCUT2D eigenvalue weighted by Gasteiger charge is 2.11. The van der Waals surface area contributed by atoms with Gasteiger partial charge in [-0.25, -0.2) is 4.79 Å². The summed E-state index contributed by atoms with van der Waals surface area (Å²) in [6, 6.07) is 15.4. The Morgan fingerprint density at radius 2 is 1.61 bits per heavy atom. The molecule has 23 heavy (non-hydrogen) atoms. The third kappa shape index (κ3) is 5.30. The van der Waals surface area contributed by atoms with Crippen LogP contribution in [0.1, 0.15) is 22.8 Å². The van der Waals surface area contributed by atoms with Crippen LogP contribution in [-0.2, 0) is 4.74 Å². The molecule has 0 radical (unpaired) electrons. The van der Waals surface area contributed by atoms with Gasteiger partial charge in [0, 0.05) is 14.3 Å². The normalized spacial score (nSPS) is 11.8. The molecule has 0 atom stereocenters. The summed E-state index contributed by atoms with van der Waals surface area (Å²) in [7, 11) is 0. The van der Waals surface area contributed by atoms with Gasteiger partial charge in [-0.1, -0.05) is 78.1 Å². The van der Waals surface area contributed by atoms with Crippen LogP contribution in [0.3, 0.4) is 0 Å². The van der Waals surface area contributed by atoms with Crippen LogP contribution in [0.15, 0.2) is 63.0 Å². The molecule has 0 unspecified atom stereocenters. The predicted molar refractivity (Wildman–Crippen MR) is 105 cm³/mol. The van der Waals surface area contributed by atoms with E-state index in [2.05, 4.69) is 47.8 Å². The van der Waals surface area contributed by atoms with E-state index in [-0.39, 0.29) is 12.6 Å². The fourth-order valence-electron chi connectivity index (χ4n) is 2.09. The van der Waals surface area contributed by atoms with E-state index in [0.717, 1.165) is 25.7 Å². The number of alkyl halides is 1. The molecule has 2 aromatic rings. The Kier molecular flexibility index (Phi) is 7.06. The number of hydrogen-bond donors (Lipinski definition) is 0. The zero-order chi connectivity index (χ0) is 16.8. The van der Waals surface area contributed by atoms with Gasteiger partial charge in [-0.05, 0) is 41.8 Å². The van der Waals surface area contributed by atoms with Gasteiger partial charge >= 0.3 is 5.97 Å². The van der Waals surface area contributed by atoms with E-state index in [1.165, 1.54) is 0 Å². The molecule has 0 saturated heterocycles. The first-order valence-electron chi connectivity index (χ1n) is 6.94. The number of allylic oxidation sites excluding steroid dienone is 1. The second-order valence-electron chi connectivity index (χ2n) is 4.99. The van der Waals surface area contributed by atoms with Crippen LogP contribution >= 0.6 is 47.8 Å². The molecule has 0 amide bonds. The quantitative estimate of drug-likeness (QED) is 0.357. The summed E-state index contributed by atoms with van der Waals surface area (Å²) in [6.07, 6.45) is 0. The molecule has 0 fully saturated rings. The smallest absolute Gasteiger partial charge is 0.338 e. The van der Waals surface area contributed by atoms with Gasteiger partial charge in [-0.3, -0.25) is 0 Å². The molecule has 0 aliphatic carbocycles. The van der Waals surface area contributed by atoms with Crippen LogP contribution < -0.4 is 0 Å². The van der Waals surface area contributed by atoms with Crippen molar-refractivity contribution in [3.8, 4) is 0 Å². The largest absolute Gasteiger partial charge is 0.458 e. The SMILES string of the molecule is C/C(COC(=O)c1cc(Br)cc(Br)c1)=C(\CBr)c1ccccc1. The molecule has 0 N–H and O–H groups in total. The number of ether oxygens (including phenoxy) is 1. The van der Waals surface area contributed by atoms with Crippen molar-refractivity contribution in [3.63, 3.8) is 0 Å². The maximum Gasteiger partial charge on any atom is 0.338 e. The minimum absolute atomic E-state index is 0.263. The standard InChI is InChI=1S/C18H15Br3O2/c1-12(17(10-19)13-5-3-2-4-6-13)11-23-18(22)14-7-15(20)9-16(21)8-14/h2-9H,10-11H2,1H3/b17-12-. The van der Waals surface area contributed by atoms with Crippen molar-refractivity contribution in [2.45, 2.75) is 6.92 Å². The summed E-state index contributed by atoms with van der Waals surface area (Å²) in [5, 5.41) is 0.711. The van der Waals surface area contributed by atoms with Gasteiger partial charge in [-0.15, -0.1) is 0 Å². The van der Waals surface area contributed by atoms with E-state index in [4.69, 9.17) is 4.74 Å². The van der Waals surface area contributed by atoms with Crippen molar-refractivity contribution in [1.82, 2.24) is 0 Å². The zero-order valence-electron chi connectivity index (χ0n) is 12.5. The maximum atomic E-state index is 12.2. The van der Waals surface area contributed by atoms with Crippen molar-refractivity contribution >= 4 is 59.3 Å². The Labute approximate surface area is 161 Å². The molecule has 0 aliphatic heterocycles. The summed E-state index contributed by atoms with van der Waals surface area (Å²) in [5.41, 5.74) is 3.80. The van der Waals surface area contributed by atoms with E-state index >= 15 is 0 Å². The number of hydrogen-bond acceptors (Lipinski definition) is 2. The number of carbonyl (C=O) groups is 1. The Morgan fingerprint density at radius 1 is 1.00 bits per heavy atom. The number of benzene rings is 2. The highest BCUT2D eigenvalue weighted by atomic mass is 79.9. The minimum atomic E-state index is -0.340. The molecule has 120 valence electrons. The number of rotatable bonds is 5. The third-order valence-electron chi connectivity index (χ3n) is 3.29. The van der Waals surface area contributed by atoms with E-state index in [1.54, 1.807) is 12.1 Å². The topological polar surface area (TPSA) is 26.3 Å². The lowest BCUT2D eigenvalue weighted by atomic mass is 10.0. The lowest BCUT2D eigenvalue weighted by Gasteiger charge is -2.11. The molecule has 0 aromatic heterocycles. The fraction of sp³-hybridized carbons (Fsp3) is 0.167. The average molecular weight is 503 g/mol. The highest BCUT2D eigenvalue weighted by Crippen LogP contribution is 2.23. The van der Waals surface area contributed by atoms with E-state index in [1.807, 2.05) is 43.3 Å². The van der Waals surface area contributed by atoms with Crippen molar-refractivity contribution < 1.29 is 9.53 Å². The van der Waals surface area contributed by atoms with Crippen LogP contribution in [0.5, 0.6) is 0 Å². The van der Waals surface area contributed by atoms with Crippen LogP contribution in [-0.4, -0.2) is 17.9 Å². The monoisotopic (exact) mass is 500 g/mol. The minimum Gasteiger partial charge on any atom is -0.458 e. The first kappa shape index (κ1) is 18.4. The second kappa shape index (κ2) is 8.81. The van der Waals surface area contributed by atoms with Gasteiger partial charge < -0.3 is 4.74 Å². The van der Waals surface area contributed by atoms with E-state index < -0.39 is 0 Å². The first-order valence-corrected chi connectivity index (χ1v) is 9.65. The molecule has 2 nitrogen and oxygen atoms in total. The molecule has 5 heteroatoms. The lowest BCUT2D eigenvalue weighted by Crippen LogP contribution is -2.08. The van der Waals surface area contributed by atoms with Gasteiger partial charge in [-0.2, -0.15) is 0 Å². The summed E-state index contributed by atoms with van der Waals surface area (Å²) in [6.45, 7) is 2.24. The summed E-state index contributed by atoms with van der Waals surface area (Å²) < 4.78 is 7.11. The Morgan fingerprint density at radius 3 is 2.17 bits per heavy atom. The van der Waals surface area contributed by atoms with E-state index in [0.29, 0.717) is 10.9 Å². The number of halogens is 3. The molecule has 2 aromatic carbocycles. The Balaban J connectivity index is 2.12. The van der Waals surface area contributed by atoms with Gasteiger partial charge in [0.1, 0.15) is 6.61 Å². The molecule has 0 heterocycles. The van der Waals surface area contributed by atoms with Gasteiger partial charge in [0.25, 0.3) is 0 Å². The molecule has 0 spiro atoms. The van der Waals surface area contributed by atoms with Crippen LogP contribution in [0.25, 0.3) is 5.57 Å². The van der Waals surface area contributed by atoms with Crippen LogP contribution in [0.2, 0.25) is 0 Å².